The summed E-state index contributed by atoms with van der Waals surface area (Å²) in [5.74, 6) is 0.566. The second kappa shape index (κ2) is 21.3. The molecule has 4 aliphatic rings. The van der Waals surface area contributed by atoms with Crippen molar-refractivity contribution in [1.29, 1.82) is 0 Å². The van der Waals surface area contributed by atoms with Gasteiger partial charge in [0.05, 0.1) is 39.3 Å². The smallest absolute Gasteiger partial charge is 0.252 e. The minimum absolute atomic E-state index is 0.0914. The van der Waals surface area contributed by atoms with Crippen LogP contribution in [0.5, 0.6) is 0 Å². The fourth-order valence-electron chi connectivity index (χ4n) is 11.9. The normalized spacial score (nSPS) is 31.2. The van der Waals surface area contributed by atoms with Crippen molar-refractivity contribution in [2.45, 2.75) is 213 Å². The SMILES string of the molecule is CCCCCCCCCCCC[N+](C)(CCCCCCCCCCCC)CCNC(=O)[C@@]1(O)CC[C@H]2[C@@H]3CCC4=CC(=O)CC[C@]4(C)[C@H]3[C@@H](O)C[C@@]21C. The summed E-state index contributed by atoms with van der Waals surface area (Å²) in [7, 11) is 2.40. The van der Waals surface area contributed by atoms with Crippen molar-refractivity contribution in [3.8, 4) is 0 Å². The number of aliphatic hydroxyl groups is 2. The quantitative estimate of drug-likeness (QED) is 0.0609. The number of quaternary nitrogens is 1. The highest BCUT2D eigenvalue weighted by Crippen LogP contribution is 2.67. The van der Waals surface area contributed by atoms with E-state index >= 15 is 0 Å². The highest BCUT2D eigenvalue weighted by Gasteiger charge is 2.68. The van der Waals surface area contributed by atoms with E-state index in [1.54, 1.807) is 0 Å². The van der Waals surface area contributed by atoms with Crippen LogP contribution < -0.4 is 5.32 Å². The van der Waals surface area contributed by atoms with E-state index in [2.05, 4.69) is 40.1 Å². The monoisotopic (exact) mass is 742 g/mol. The summed E-state index contributed by atoms with van der Waals surface area (Å²) < 4.78 is 0.992. The zero-order valence-corrected chi connectivity index (χ0v) is 35.5. The summed E-state index contributed by atoms with van der Waals surface area (Å²) in [6, 6.07) is 0. The Balaban J connectivity index is 1.28. The molecule has 306 valence electrons. The van der Waals surface area contributed by atoms with Gasteiger partial charge in [-0.15, -0.1) is 0 Å². The van der Waals surface area contributed by atoms with Crippen LogP contribution in [0.2, 0.25) is 0 Å². The number of ketones is 1. The first-order valence-corrected chi connectivity index (χ1v) is 23.2. The molecule has 6 heteroatoms. The summed E-state index contributed by atoms with van der Waals surface area (Å²) in [5, 5.41) is 27.4. The van der Waals surface area contributed by atoms with E-state index in [9.17, 15) is 19.8 Å². The van der Waals surface area contributed by atoms with E-state index in [1.165, 1.54) is 134 Å². The molecule has 1 amide bonds. The Hall–Kier alpha value is -1.24. The number of carbonyl (C=O) groups is 2. The summed E-state index contributed by atoms with van der Waals surface area (Å²) >= 11 is 0. The molecule has 0 saturated heterocycles. The number of aliphatic hydroxyl groups excluding tert-OH is 1. The van der Waals surface area contributed by atoms with Gasteiger partial charge in [0.25, 0.3) is 5.91 Å². The van der Waals surface area contributed by atoms with Gasteiger partial charge in [0.2, 0.25) is 0 Å². The Labute approximate surface area is 326 Å². The van der Waals surface area contributed by atoms with Gasteiger partial charge in [0.1, 0.15) is 5.60 Å². The van der Waals surface area contributed by atoms with Crippen LogP contribution in [0.25, 0.3) is 0 Å². The molecule has 3 saturated carbocycles. The van der Waals surface area contributed by atoms with Crippen molar-refractivity contribution < 1.29 is 24.3 Å². The molecule has 0 heterocycles. The molecule has 0 bridgehead atoms. The first-order valence-electron chi connectivity index (χ1n) is 23.2. The molecule has 3 N–H and O–H groups in total. The van der Waals surface area contributed by atoms with Crippen LogP contribution in [0.1, 0.15) is 201 Å². The van der Waals surface area contributed by atoms with Crippen molar-refractivity contribution in [1.82, 2.24) is 5.32 Å². The van der Waals surface area contributed by atoms with E-state index in [-0.39, 0.29) is 34.9 Å². The number of unbranched alkanes of at least 4 members (excludes halogenated alkanes) is 18. The van der Waals surface area contributed by atoms with Gasteiger partial charge in [-0.2, -0.15) is 0 Å². The van der Waals surface area contributed by atoms with Gasteiger partial charge in [-0.25, -0.2) is 0 Å². The average molecular weight is 742 g/mol. The molecule has 0 unspecified atom stereocenters. The molecule has 7 atom stereocenters. The lowest BCUT2D eigenvalue weighted by Gasteiger charge is -2.60. The van der Waals surface area contributed by atoms with Gasteiger partial charge in [0, 0.05) is 11.8 Å². The lowest BCUT2D eigenvalue weighted by atomic mass is 9.45. The largest absolute Gasteiger partial charge is 0.393 e. The predicted octanol–water partition coefficient (Wildman–Crippen LogP) is 10.6. The van der Waals surface area contributed by atoms with Gasteiger partial charge in [-0.05, 0) is 93.5 Å². The van der Waals surface area contributed by atoms with Crippen LogP contribution >= 0.6 is 0 Å². The number of amides is 1. The first-order chi connectivity index (χ1) is 25.4. The van der Waals surface area contributed by atoms with Crippen LogP contribution in [-0.2, 0) is 9.59 Å². The van der Waals surface area contributed by atoms with Gasteiger partial charge >= 0.3 is 0 Å². The van der Waals surface area contributed by atoms with Gasteiger partial charge in [-0.1, -0.05) is 136 Å². The third kappa shape index (κ3) is 11.4. The van der Waals surface area contributed by atoms with E-state index in [1.807, 2.05) is 6.08 Å². The molecule has 6 nitrogen and oxygen atoms in total. The molecule has 0 aromatic carbocycles. The lowest BCUT2D eigenvalue weighted by Crippen LogP contribution is -2.63. The highest BCUT2D eigenvalue weighted by atomic mass is 16.3. The molecule has 0 aromatic rings. The molecule has 0 radical (unpaired) electrons. The fourth-order valence-corrected chi connectivity index (χ4v) is 11.9. The number of likely N-dealkylation sites (N-methyl/N-ethyl adjacent to an activating group) is 1. The Kier molecular flexibility index (Phi) is 17.9. The maximum absolute atomic E-state index is 14.1. The molecular formula is C47H85N2O4+. The molecule has 53 heavy (non-hydrogen) atoms. The van der Waals surface area contributed by atoms with E-state index < -0.39 is 17.1 Å². The van der Waals surface area contributed by atoms with E-state index in [0.29, 0.717) is 25.8 Å². The third-order valence-electron chi connectivity index (χ3n) is 15.5. The van der Waals surface area contributed by atoms with Gasteiger partial charge < -0.3 is 20.0 Å². The molecule has 4 rings (SSSR count). The number of rotatable bonds is 26. The zero-order valence-electron chi connectivity index (χ0n) is 35.5. The Bertz CT molecular complexity index is 1130. The van der Waals surface area contributed by atoms with Crippen LogP contribution in [0.3, 0.4) is 0 Å². The second-order valence-corrected chi connectivity index (χ2v) is 19.4. The first kappa shape index (κ1) is 44.5. The van der Waals surface area contributed by atoms with Crippen LogP contribution in [-0.4, -0.2) is 71.3 Å². The average Bonchev–Trinajstić information content (AvgIpc) is 3.40. The van der Waals surface area contributed by atoms with E-state index in [0.717, 1.165) is 49.8 Å². The van der Waals surface area contributed by atoms with Crippen LogP contribution in [0.15, 0.2) is 11.6 Å². The standard InChI is InChI=1S/C47H84N2O4/c1-6-8-10-12-14-16-18-20-22-24-33-49(5,34-25-23-21-19-17-15-13-11-9-7-2)35-32-48-44(52)47(53)31-29-41-40-27-26-38-36-39(50)28-30-45(38,3)43(40)42(51)37-46(41,47)4/h36,40-43,51,53H,6-35,37H2,1-5H3/p+1/t40-,41-,42-,43+,45-,46-,47-/m0/s1. The Morgan fingerprint density at radius 2 is 1.26 bits per heavy atom. The minimum atomic E-state index is -1.46. The number of allylic oxidation sites excluding steroid dienone is 1. The van der Waals surface area contributed by atoms with Crippen LogP contribution in [0.4, 0.5) is 0 Å². The Morgan fingerprint density at radius 3 is 1.79 bits per heavy atom. The summed E-state index contributed by atoms with van der Waals surface area (Å²) in [6.45, 7) is 12.7. The number of nitrogens with one attached hydrogen (secondary N) is 1. The fraction of sp³-hybridized carbons (Fsp3) is 0.915. The van der Waals surface area contributed by atoms with Crippen molar-refractivity contribution in [3.05, 3.63) is 11.6 Å². The molecule has 0 aliphatic heterocycles. The molecular weight excluding hydrogens is 657 g/mol. The van der Waals surface area contributed by atoms with Gasteiger partial charge in [-0.3, -0.25) is 9.59 Å². The van der Waals surface area contributed by atoms with Crippen molar-refractivity contribution in [2.24, 2.45) is 28.6 Å². The summed E-state index contributed by atoms with van der Waals surface area (Å²) in [6.07, 6.45) is 33.2. The predicted molar refractivity (Wildman–Crippen MR) is 221 cm³/mol. The number of carbonyl (C=O) groups excluding carboxylic acids is 2. The van der Waals surface area contributed by atoms with Gasteiger partial charge in [0.15, 0.2) is 5.78 Å². The minimum Gasteiger partial charge on any atom is -0.393 e. The molecule has 4 aliphatic carbocycles. The maximum atomic E-state index is 14.1. The van der Waals surface area contributed by atoms with Crippen molar-refractivity contribution >= 4 is 11.7 Å². The Morgan fingerprint density at radius 1 is 0.755 bits per heavy atom. The number of nitrogens with zero attached hydrogens (tertiary/aromatic N) is 1. The summed E-state index contributed by atoms with van der Waals surface area (Å²) in [5.41, 5.74) is -1.05. The molecule has 0 aromatic heterocycles. The van der Waals surface area contributed by atoms with E-state index in [4.69, 9.17) is 0 Å². The summed E-state index contributed by atoms with van der Waals surface area (Å²) in [4.78, 5) is 26.4. The van der Waals surface area contributed by atoms with Crippen LogP contribution in [0, 0.1) is 28.6 Å². The second-order valence-electron chi connectivity index (χ2n) is 19.4. The highest BCUT2D eigenvalue weighted by molar-refractivity contribution is 5.91. The number of hydrogen-bond donors (Lipinski definition) is 3. The molecule has 3 fully saturated rings. The molecule has 0 spiro atoms. The zero-order chi connectivity index (χ0) is 38.4. The van der Waals surface area contributed by atoms with Crippen molar-refractivity contribution in [3.63, 3.8) is 0 Å². The maximum Gasteiger partial charge on any atom is 0.252 e. The van der Waals surface area contributed by atoms with Crippen molar-refractivity contribution in [2.75, 3.05) is 33.2 Å². The number of fused-ring (bicyclic) bond motifs is 5. The topological polar surface area (TPSA) is 86.6 Å². The lowest BCUT2D eigenvalue weighted by molar-refractivity contribution is -0.908. The third-order valence-corrected chi connectivity index (χ3v) is 15.5. The number of hydrogen-bond acceptors (Lipinski definition) is 4.